The lowest BCUT2D eigenvalue weighted by Gasteiger charge is -2.38. The maximum absolute atomic E-state index is 9.10. The molecule has 0 bridgehead atoms. The average Bonchev–Trinajstić information content (AvgIpc) is 2.33. The van der Waals surface area contributed by atoms with E-state index >= 15 is 0 Å². The van der Waals surface area contributed by atoms with E-state index in [-0.39, 0.29) is 6.61 Å². The number of anilines is 1. The smallest absolute Gasteiger partial charge is 0.129 e. The zero-order valence-electron chi connectivity index (χ0n) is 10.1. The Bertz CT molecular complexity index is 354. The van der Waals surface area contributed by atoms with Crippen LogP contribution in [0.2, 0.25) is 0 Å². The molecule has 2 unspecified atom stereocenters. The minimum Gasteiger partial charge on any atom is -0.390 e. The number of hydrogen-bond acceptors (Lipinski definition) is 3. The first-order chi connectivity index (χ1) is 7.72. The minimum absolute atomic E-state index is 0.0195. The van der Waals surface area contributed by atoms with E-state index in [1.807, 2.05) is 18.2 Å². The molecule has 1 fully saturated rings. The van der Waals surface area contributed by atoms with E-state index in [1.165, 1.54) is 12.8 Å². The molecular weight excluding hydrogens is 200 g/mol. The van der Waals surface area contributed by atoms with E-state index in [0.717, 1.165) is 18.1 Å². The normalized spacial score (nSPS) is 25.8. The molecule has 1 aliphatic heterocycles. The molecule has 1 N–H and O–H groups in total. The molecule has 2 heterocycles. The molecule has 0 amide bonds. The third-order valence-corrected chi connectivity index (χ3v) is 3.62. The number of pyridine rings is 1. The molecule has 88 valence electrons. The topological polar surface area (TPSA) is 36.4 Å². The highest BCUT2D eigenvalue weighted by atomic mass is 16.3. The van der Waals surface area contributed by atoms with Crippen molar-refractivity contribution >= 4 is 5.82 Å². The number of rotatable bonds is 2. The first-order valence-corrected chi connectivity index (χ1v) is 6.06. The molecule has 3 nitrogen and oxygen atoms in total. The van der Waals surface area contributed by atoms with Crippen LogP contribution in [-0.4, -0.2) is 22.7 Å². The minimum atomic E-state index is 0.0195. The Morgan fingerprint density at radius 3 is 3.00 bits per heavy atom. The second-order valence-corrected chi connectivity index (χ2v) is 4.70. The van der Waals surface area contributed by atoms with Crippen LogP contribution < -0.4 is 4.90 Å². The van der Waals surface area contributed by atoms with Crippen LogP contribution in [0.25, 0.3) is 0 Å². The van der Waals surface area contributed by atoms with Crippen LogP contribution in [0.3, 0.4) is 0 Å². The molecule has 2 rings (SSSR count). The summed E-state index contributed by atoms with van der Waals surface area (Å²) in [6.45, 7) is 5.66. The number of aromatic nitrogens is 1. The van der Waals surface area contributed by atoms with Crippen molar-refractivity contribution in [1.82, 2.24) is 4.98 Å². The van der Waals surface area contributed by atoms with Crippen LogP contribution in [0.1, 0.15) is 32.4 Å². The fourth-order valence-corrected chi connectivity index (χ4v) is 2.37. The predicted octanol–water partition coefficient (Wildman–Crippen LogP) is 2.20. The van der Waals surface area contributed by atoms with Crippen molar-refractivity contribution in [2.45, 2.75) is 39.3 Å². The van der Waals surface area contributed by atoms with Crippen molar-refractivity contribution in [1.29, 1.82) is 0 Å². The van der Waals surface area contributed by atoms with Crippen LogP contribution in [-0.2, 0) is 6.61 Å². The van der Waals surface area contributed by atoms with E-state index in [0.29, 0.717) is 12.0 Å². The molecule has 2 atom stereocenters. The second kappa shape index (κ2) is 4.83. The fraction of sp³-hybridized carbons (Fsp3) is 0.615. The molecular formula is C13H20N2O. The molecule has 1 aromatic rings. The SMILES string of the molecule is CC1CCCN(c2cccc(CO)n2)C1C. The first kappa shape index (κ1) is 11.4. The van der Waals surface area contributed by atoms with Crippen molar-refractivity contribution in [2.24, 2.45) is 5.92 Å². The second-order valence-electron chi connectivity index (χ2n) is 4.70. The Labute approximate surface area is 97.1 Å². The summed E-state index contributed by atoms with van der Waals surface area (Å²) in [4.78, 5) is 6.83. The third-order valence-electron chi connectivity index (χ3n) is 3.62. The summed E-state index contributed by atoms with van der Waals surface area (Å²) < 4.78 is 0. The maximum atomic E-state index is 9.10. The van der Waals surface area contributed by atoms with Gasteiger partial charge in [-0.05, 0) is 37.8 Å². The van der Waals surface area contributed by atoms with E-state index in [4.69, 9.17) is 5.11 Å². The van der Waals surface area contributed by atoms with Gasteiger partial charge in [0.2, 0.25) is 0 Å². The van der Waals surface area contributed by atoms with Crippen LogP contribution in [0.5, 0.6) is 0 Å². The molecule has 0 saturated carbocycles. The summed E-state index contributed by atoms with van der Waals surface area (Å²) in [6, 6.07) is 6.41. The number of piperidine rings is 1. The van der Waals surface area contributed by atoms with Gasteiger partial charge in [-0.1, -0.05) is 13.0 Å². The van der Waals surface area contributed by atoms with Gasteiger partial charge < -0.3 is 10.0 Å². The Morgan fingerprint density at radius 2 is 2.25 bits per heavy atom. The van der Waals surface area contributed by atoms with E-state index in [1.54, 1.807) is 0 Å². The summed E-state index contributed by atoms with van der Waals surface area (Å²) >= 11 is 0. The lowest BCUT2D eigenvalue weighted by atomic mass is 9.92. The number of aliphatic hydroxyl groups excluding tert-OH is 1. The lowest BCUT2D eigenvalue weighted by molar-refractivity contribution is 0.276. The van der Waals surface area contributed by atoms with Gasteiger partial charge in [0, 0.05) is 12.6 Å². The summed E-state index contributed by atoms with van der Waals surface area (Å²) in [5.74, 6) is 1.72. The Hall–Kier alpha value is -1.09. The summed E-state index contributed by atoms with van der Waals surface area (Å²) in [6.07, 6.45) is 2.54. The number of hydrogen-bond donors (Lipinski definition) is 1. The highest BCUT2D eigenvalue weighted by molar-refractivity contribution is 5.41. The maximum Gasteiger partial charge on any atom is 0.129 e. The molecule has 3 heteroatoms. The van der Waals surface area contributed by atoms with Crippen molar-refractivity contribution in [3.8, 4) is 0 Å². The van der Waals surface area contributed by atoms with Gasteiger partial charge in [0.25, 0.3) is 0 Å². The van der Waals surface area contributed by atoms with E-state index in [2.05, 4.69) is 23.7 Å². The van der Waals surface area contributed by atoms with Gasteiger partial charge in [-0.25, -0.2) is 4.98 Å². The van der Waals surface area contributed by atoms with Crippen LogP contribution in [0.4, 0.5) is 5.82 Å². The van der Waals surface area contributed by atoms with Crippen molar-refractivity contribution in [2.75, 3.05) is 11.4 Å². The molecule has 1 aliphatic rings. The van der Waals surface area contributed by atoms with Crippen molar-refractivity contribution in [3.63, 3.8) is 0 Å². The van der Waals surface area contributed by atoms with Gasteiger partial charge >= 0.3 is 0 Å². The zero-order chi connectivity index (χ0) is 11.5. The monoisotopic (exact) mass is 220 g/mol. The van der Waals surface area contributed by atoms with Gasteiger partial charge in [0.1, 0.15) is 5.82 Å². The van der Waals surface area contributed by atoms with E-state index in [9.17, 15) is 0 Å². The van der Waals surface area contributed by atoms with Crippen molar-refractivity contribution in [3.05, 3.63) is 23.9 Å². The number of nitrogens with zero attached hydrogens (tertiary/aromatic N) is 2. The Morgan fingerprint density at radius 1 is 1.44 bits per heavy atom. The largest absolute Gasteiger partial charge is 0.390 e. The highest BCUT2D eigenvalue weighted by Crippen LogP contribution is 2.27. The predicted molar refractivity (Wildman–Crippen MR) is 65.4 cm³/mol. The third kappa shape index (κ3) is 2.19. The van der Waals surface area contributed by atoms with Crippen LogP contribution in [0, 0.1) is 5.92 Å². The summed E-state index contributed by atoms with van der Waals surface area (Å²) in [7, 11) is 0. The standard InChI is InChI=1S/C13H20N2O/c1-10-5-4-8-15(11(10)2)13-7-3-6-12(9-16)14-13/h3,6-7,10-11,16H,4-5,8-9H2,1-2H3. The van der Waals surface area contributed by atoms with E-state index < -0.39 is 0 Å². The zero-order valence-corrected chi connectivity index (χ0v) is 10.1. The molecule has 0 aromatic carbocycles. The Balaban J connectivity index is 2.21. The quantitative estimate of drug-likeness (QED) is 0.830. The molecule has 1 saturated heterocycles. The van der Waals surface area contributed by atoms with Gasteiger partial charge in [0.05, 0.1) is 12.3 Å². The molecule has 0 aliphatic carbocycles. The van der Waals surface area contributed by atoms with Gasteiger partial charge in [-0.3, -0.25) is 0 Å². The highest BCUT2D eigenvalue weighted by Gasteiger charge is 2.25. The molecule has 16 heavy (non-hydrogen) atoms. The Kier molecular flexibility index (Phi) is 3.44. The van der Waals surface area contributed by atoms with Crippen LogP contribution >= 0.6 is 0 Å². The van der Waals surface area contributed by atoms with Crippen LogP contribution in [0.15, 0.2) is 18.2 Å². The fourth-order valence-electron chi connectivity index (χ4n) is 2.37. The van der Waals surface area contributed by atoms with Crippen molar-refractivity contribution < 1.29 is 5.11 Å². The molecule has 0 spiro atoms. The first-order valence-electron chi connectivity index (χ1n) is 6.06. The number of aliphatic hydroxyl groups is 1. The van der Waals surface area contributed by atoms with Gasteiger partial charge in [0.15, 0.2) is 0 Å². The summed E-state index contributed by atoms with van der Waals surface area (Å²) in [5.41, 5.74) is 0.753. The lowest BCUT2D eigenvalue weighted by Crippen LogP contribution is -2.42. The van der Waals surface area contributed by atoms with Gasteiger partial charge in [-0.15, -0.1) is 0 Å². The summed E-state index contributed by atoms with van der Waals surface area (Å²) in [5, 5.41) is 9.10. The van der Waals surface area contributed by atoms with Gasteiger partial charge in [-0.2, -0.15) is 0 Å². The molecule has 0 radical (unpaired) electrons. The molecule has 1 aromatic heterocycles. The average molecular weight is 220 g/mol.